The van der Waals surface area contributed by atoms with Gasteiger partial charge in [-0.3, -0.25) is 9.71 Å². The van der Waals surface area contributed by atoms with Crippen molar-refractivity contribution in [3.05, 3.63) is 54.1 Å². The third-order valence-electron chi connectivity index (χ3n) is 2.34. The summed E-state index contributed by atoms with van der Waals surface area (Å²) in [6.45, 7) is 1.54. The number of hydrogen-bond donors (Lipinski definition) is 1. The van der Waals surface area contributed by atoms with Gasteiger partial charge in [0.15, 0.2) is 0 Å². The van der Waals surface area contributed by atoms with Crippen LogP contribution in [0.4, 0.5) is 10.1 Å². The van der Waals surface area contributed by atoms with Crippen LogP contribution in [0.2, 0.25) is 0 Å². The van der Waals surface area contributed by atoms with Crippen LogP contribution in [0.15, 0.2) is 47.6 Å². The van der Waals surface area contributed by atoms with Gasteiger partial charge in [0.2, 0.25) is 0 Å². The van der Waals surface area contributed by atoms with Gasteiger partial charge >= 0.3 is 0 Å². The summed E-state index contributed by atoms with van der Waals surface area (Å²) in [5.41, 5.74) is 0.715. The number of rotatable bonds is 3. The first-order chi connectivity index (χ1) is 8.49. The maximum absolute atomic E-state index is 12.9. The maximum Gasteiger partial charge on any atom is 0.262 e. The van der Waals surface area contributed by atoms with Crippen molar-refractivity contribution in [2.24, 2.45) is 0 Å². The van der Waals surface area contributed by atoms with Crippen LogP contribution >= 0.6 is 0 Å². The van der Waals surface area contributed by atoms with E-state index in [1.807, 2.05) is 0 Å². The molecule has 0 amide bonds. The summed E-state index contributed by atoms with van der Waals surface area (Å²) in [6.07, 6.45) is 2.94. The average Bonchev–Trinajstić information content (AvgIpc) is 2.29. The summed E-state index contributed by atoms with van der Waals surface area (Å²) in [6, 6.07) is 6.74. The molecule has 2 rings (SSSR count). The number of halogens is 1. The first-order valence-corrected chi connectivity index (χ1v) is 6.66. The van der Waals surface area contributed by atoms with E-state index in [1.54, 1.807) is 25.3 Å². The molecule has 0 aliphatic heterocycles. The lowest BCUT2D eigenvalue weighted by Crippen LogP contribution is -2.14. The molecule has 0 aliphatic rings. The highest BCUT2D eigenvalue weighted by Gasteiger charge is 2.17. The summed E-state index contributed by atoms with van der Waals surface area (Å²) in [4.78, 5) is 3.86. The highest BCUT2D eigenvalue weighted by molar-refractivity contribution is 7.92. The van der Waals surface area contributed by atoms with Crippen LogP contribution in [-0.2, 0) is 10.0 Å². The van der Waals surface area contributed by atoms with E-state index in [4.69, 9.17) is 0 Å². The Morgan fingerprint density at radius 1 is 1.28 bits per heavy atom. The Morgan fingerprint density at radius 2 is 2.06 bits per heavy atom. The van der Waals surface area contributed by atoms with Crippen molar-refractivity contribution in [1.29, 1.82) is 0 Å². The van der Waals surface area contributed by atoms with Crippen LogP contribution in [0.1, 0.15) is 5.56 Å². The molecule has 0 radical (unpaired) electrons. The van der Waals surface area contributed by atoms with Gasteiger partial charge in [0.25, 0.3) is 10.0 Å². The first kappa shape index (κ1) is 12.5. The van der Waals surface area contributed by atoms with Gasteiger partial charge in [-0.25, -0.2) is 12.8 Å². The summed E-state index contributed by atoms with van der Waals surface area (Å²) in [5, 5.41) is 0. The van der Waals surface area contributed by atoms with E-state index < -0.39 is 15.8 Å². The van der Waals surface area contributed by atoms with Crippen molar-refractivity contribution in [1.82, 2.24) is 4.98 Å². The van der Waals surface area contributed by atoms with E-state index in [0.717, 1.165) is 6.07 Å². The van der Waals surface area contributed by atoms with Gasteiger partial charge in [-0.15, -0.1) is 0 Å². The Bertz CT molecular complexity index is 657. The zero-order chi connectivity index (χ0) is 13.2. The van der Waals surface area contributed by atoms with Crippen molar-refractivity contribution in [2.75, 3.05) is 4.72 Å². The zero-order valence-corrected chi connectivity index (χ0v) is 10.4. The van der Waals surface area contributed by atoms with E-state index in [1.165, 1.54) is 18.3 Å². The molecule has 0 bridgehead atoms. The second-order valence-corrected chi connectivity index (χ2v) is 5.41. The summed E-state index contributed by atoms with van der Waals surface area (Å²) in [7, 11) is -3.72. The minimum atomic E-state index is -3.72. The summed E-state index contributed by atoms with van der Waals surface area (Å²) < 4.78 is 39.5. The van der Waals surface area contributed by atoms with Crippen LogP contribution < -0.4 is 4.72 Å². The molecule has 0 fully saturated rings. The van der Waals surface area contributed by atoms with Crippen LogP contribution in [0.3, 0.4) is 0 Å². The van der Waals surface area contributed by atoms with Crippen molar-refractivity contribution >= 4 is 15.7 Å². The van der Waals surface area contributed by atoms with E-state index in [9.17, 15) is 12.8 Å². The molecular formula is C12H11FN2O2S. The second-order valence-electron chi connectivity index (χ2n) is 3.76. The smallest absolute Gasteiger partial charge is 0.262 e. The number of nitrogens with one attached hydrogen (secondary N) is 1. The molecule has 6 heteroatoms. The minimum Gasteiger partial charge on any atom is -0.278 e. The van der Waals surface area contributed by atoms with Crippen LogP contribution in [0, 0.1) is 12.7 Å². The Labute approximate surface area is 105 Å². The third kappa shape index (κ3) is 2.65. The molecule has 0 aliphatic carbocycles. The highest BCUT2D eigenvalue weighted by atomic mass is 32.2. The second kappa shape index (κ2) is 4.73. The molecule has 0 spiro atoms. The third-order valence-corrected chi connectivity index (χ3v) is 3.88. The summed E-state index contributed by atoms with van der Waals surface area (Å²) >= 11 is 0. The Morgan fingerprint density at radius 3 is 2.67 bits per heavy atom. The molecule has 1 N–H and O–H groups in total. The quantitative estimate of drug-likeness (QED) is 0.927. The van der Waals surface area contributed by atoms with Crippen molar-refractivity contribution in [2.45, 2.75) is 11.8 Å². The van der Waals surface area contributed by atoms with Crippen molar-refractivity contribution < 1.29 is 12.8 Å². The average molecular weight is 266 g/mol. The van der Waals surface area contributed by atoms with Gasteiger partial charge < -0.3 is 0 Å². The lowest BCUT2D eigenvalue weighted by molar-refractivity contribution is 0.598. The SMILES string of the molecule is Cc1cc(F)ccc1S(=O)(=O)Nc1cccnc1. The molecule has 0 atom stereocenters. The number of benzene rings is 1. The van der Waals surface area contributed by atoms with Gasteiger partial charge in [0.1, 0.15) is 5.82 Å². The highest BCUT2D eigenvalue weighted by Crippen LogP contribution is 2.19. The molecular weight excluding hydrogens is 255 g/mol. The molecule has 94 valence electrons. The van der Waals surface area contributed by atoms with Gasteiger partial charge in [0, 0.05) is 6.20 Å². The number of sulfonamides is 1. The fourth-order valence-electron chi connectivity index (χ4n) is 1.55. The molecule has 4 nitrogen and oxygen atoms in total. The van der Waals surface area contributed by atoms with E-state index >= 15 is 0 Å². The predicted molar refractivity (Wildman–Crippen MR) is 66.2 cm³/mol. The molecule has 18 heavy (non-hydrogen) atoms. The van der Waals surface area contributed by atoms with E-state index in [2.05, 4.69) is 9.71 Å². The van der Waals surface area contributed by atoms with Crippen molar-refractivity contribution in [3.8, 4) is 0 Å². The van der Waals surface area contributed by atoms with Crippen molar-refractivity contribution in [3.63, 3.8) is 0 Å². The Hall–Kier alpha value is -1.95. The predicted octanol–water partition coefficient (Wildman–Crippen LogP) is 2.33. The van der Waals surface area contributed by atoms with E-state index in [-0.39, 0.29) is 4.90 Å². The molecule has 0 unspecified atom stereocenters. The first-order valence-electron chi connectivity index (χ1n) is 5.18. The minimum absolute atomic E-state index is 0.0488. The molecule has 2 aromatic rings. The molecule has 1 heterocycles. The fraction of sp³-hybridized carbons (Fsp3) is 0.0833. The van der Waals surface area contributed by atoms with Gasteiger partial charge in [-0.2, -0.15) is 0 Å². The molecule has 0 saturated carbocycles. The fourth-order valence-corrected chi connectivity index (χ4v) is 2.82. The van der Waals surface area contributed by atoms with Crippen LogP contribution in [-0.4, -0.2) is 13.4 Å². The molecule has 1 aromatic carbocycles. The number of hydrogen-bond acceptors (Lipinski definition) is 3. The van der Waals surface area contributed by atoms with E-state index in [0.29, 0.717) is 11.3 Å². The molecule has 0 saturated heterocycles. The largest absolute Gasteiger partial charge is 0.278 e. The van der Waals surface area contributed by atoms with Gasteiger partial charge in [-0.05, 0) is 42.8 Å². The van der Waals surface area contributed by atoms with Gasteiger partial charge in [-0.1, -0.05) is 0 Å². The summed E-state index contributed by atoms with van der Waals surface area (Å²) in [5.74, 6) is -0.465. The normalized spacial score (nSPS) is 11.2. The number of aryl methyl sites for hydroxylation is 1. The number of nitrogens with zero attached hydrogens (tertiary/aromatic N) is 1. The monoisotopic (exact) mass is 266 g/mol. The van der Waals surface area contributed by atoms with Gasteiger partial charge in [0.05, 0.1) is 16.8 Å². The zero-order valence-electron chi connectivity index (χ0n) is 9.59. The standard InChI is InChI=1S/C12H11FN2O2S/c1-9-7-10(13)4-5-12(9)18(16,17)15-11-3-2-6-14-8-11/h2-8,15H,1H3. The Balaban J connectivity index is 2.37. The number of aromatic nitrogens is 1. The lowest BCUT2D eigenvalue weighted by atomic mass is 10.2. The number of anilines is 1. The molecule has 1 aromatic heterocycles. The van der Waals surface area contributed by atoms with Crippen LogP contribution in [0.25, 0.3) is 0 Å². The number of pyridine rings is 1. The topological polar surface area (TPSA) is 59.1 Å². The maximum atomic E-state index is 12.9. The van der Waals surface area contributed by atoms with Crippen LogP contribution in [0.5, 0.6) is 0 Å². The lowest BCUT2D eigenvalue weighted by Gasteiger charge is -2.09. The Kier molecular flexibility index (Phi) is 3.29.